The van der Waals surface area contributed by atoms with Crippen molar-refractivity contribution in [2.24, 2.45) is 11.7 Å². The Morgan fingerprint density at radius 3 is 2.36 bits per heavy atom. The van der Waals surface area contributed by atoms with Crippen LogP contribution in [0.3, 0.4) is 0 Å². The highest BCUT2D eigenvalue weighted by Crippen LogP contribution is 2.48. The molecule has 226 valence electrons. The van der Waals surface area contributed by atoms with Gasteiger partial charge in [0.25, 0.3) is 5.91 Å². The van der Waals surface area contributed by atoms with Gasteiger partial charge in [0.15, 0.2) is 17.2 Å². The largest absolute Gasteiger partial charge is 0.406 e. The number of likely N-dealkylation sites (tertiary alicyclic amines) is 1. The highest BCUT2D eigenvalue weighted by Gasteiger charge is 2.74. The Bertz CT molecular complexity index is 1520. The monoisotopic (exact) mass is 583 g/mol. The minimum atomic E-state index is -2.37. The van der Waals surface area contributed by atoms with Gasteiger partial charge >= 0.3 is 5.63 Å². The molecule has 1 unspecified atom stereocenters. The number of aryl methyl sites for hydroxylation is 1. The van der Waals surface area contributed by atoms with Crippen LogP contribution in [0.15, 0.2) is 27.4 Å². The minimum Gasteiger partial charge on any atom is -0.406 e. The number of hydrogen-bond donors (Lipinski definition) is 3. The number of fused-ring (bicyclic) bond motifs is 2. The summed E-state index contributed by atoms with van der Waals surface area (Å²) in [6.45, 7) is 7.95. The maximum atomic E-state index is 14.5. The van der Waals surface area contributed by atoms with Gasteiger partial charge in [0, 0.05) is 32.9 Å². The molecule has 1 saturated carbocycles. The number of amides is 3. The van der Waals surface area contributed by atoms with Crippen LogP contribution in [0.2, 0.25) is 0 Å². The Kier molecular flexibility index (Phi) is 8.38. The first kappa shape index (κ1) is 31.0. The highest BCUT2D eigenvalue weighted by molar-refractivity contribution is 6.22. The average molecular weight is 584 g/mol. The van der Waals surface area contributed by atoms with Crippen LogP contribution in [0, 0.1) is 12.8 Å². The second-order valence-corrected chi connectivity index (χ2v) is 11.4. The first-order chi connectivity index (χ1) is 19.7. The van der Waals surface area contributed by atoms with Crippen molar-refractivity contribution in [3.63, 3.8) is 0 Å². The first-order valence-corrected chi connectivity index (χ1v) is 13.9. The molecule has 13 heteroatoms. The number of aromatic nitrogens is 1. The Hall–Kier alpha value is -3.97. The molecule has 0 radical (unpaired) electrons. The van der Waals surface area contributed by atoms with Crippen LogP contribution in [-0.4, -0.2) is 76.1 Å². The first-order valence-electron chi connectivity index (χ1n) is 13.9. The number of nitrogens with two attached hydrogens (primary N) is 1. The number of ether oxygens (including phenoxy) is 1. The summed E-state index contributed by atoms with van der Waals surface area (Å²) < 4.78 is 11.3. The minimum absolute atomic E-state index is 0.0936. The molecule has 1 aromatic carbocycles. The number of methoxy groups -OCH3 is 1. The maximum Gasteiger partial charge on any atom is 0.347 e. The number of nitrogens with zero attached hydrogens (tertiary/aromatic N) is 2. The topological polar surface area (TPSA) is 191 Å². The van der Waals surface area contributed by atoms with Gasteiger partial charge in [0.2, 0.25) is 23.2 Å². The number of ketones is 2. The van der Waals surface area contributed by atoms with E-state index in [-0.39, 0.29) is 31.7 Å². The normalized spacial score (nSPS) is 24.3. The summed E-state index contributed by atoms with van der Waals surface area (Å²) in [4.78, 5) is 86.3. The lowest BCUT2D eigenvalue weighted by atomic mass is 9.66. The number of carbonyl (C=O) groups excluding carboxylic acids is 5. The second-order valence-electron chi connectivity index (χ2n) is 11.4. The molecule has 2 heterocycles. The summed E-state index contributed by atoms with van der Waals surface area (Å²) in [5.41, 5.74) is 1.71. The molecule has 1 aliphatic heterocycles. The number of carbonyl (C=O) groups is 5. The van der Waals surface area contributed by atoms with Crippen LogP contribution < -0.4 is 22.0 Å². The van der Waals surface area contributed by atoms with Crippen LogP contribution >= 0.6 is 0 Å². The Labute approximate surface area is 242 Å². The van der Waals surface area contributed by atoms with Crippen molar-refractivity contribution in [1.82, 2.24) is 20.5 Å². The van der Waals surface area contributed by atoms with Crippen molar-refractivity contribution in [2.45, 2.75) is 83.1 Å². The zero-order chi connectivity index (χ0) is 31.1. The summed E-state index contributed by atoms with van der Waals surface area (Å²) in [5.74, 6) is -3.99. The summed E-state index contributed by atoms with van der Waals surface area (Å²) >= 11 is 0. The molecule has 42 heavy (non-hydrogen) atoms. The van der Waals surface area contributed by atoms with Gasteiger partial charge in [0.1, 0.15) is 12.1 Å². The van der Waals surface area contributed by atoms with Crippen LogP contribution in [0.5, 0.6) is 0 Å². The lowest BCUT2D eigenvalue weighted by Crippen LogP contribution is -2.77. The van der Waals surface area contributed by atoms with Gasteiger partial charge in [-0.15, -0.1) is 0 Å². The van der Waals surface area contributed by atoms with Crippen molar-refractivity contribution in [3.8, 4) is 0 Å². The fourth-order valence-electron chi connectivity index (χ4n) is 6.07. The van der Waals surface area contributed by atoms with E-state index in [4.69, 9.17) is 14.9 Å². The molecule has 13 nitrogen and oxygen atoms in total. The molecule has 2 fully saturated rings. The van der Waals surface area contributed by atoms with E-state index in [1.54, 1.807) is 39.0 Å². The average Bonchev–Trinajstić information content (AvgIpc) is 3.31. The molecule has 0 spiro atoms. The number of rotatable bonds is 8. The van der Waals surface area contributed by atoms with E-state index in [9.17, 15) is 28.8 Å². The van der Waals surface area contributed by atoms with Crippen molar-refractivity contribution < 1.29 is 33.1 Å². The van der Waals surface area contributed by atoms with E-state index in [0.717, 1.165) is 4.90 Å². The molecule has 4 rings (SSSR count). The molecule has 1 saturated heterocycles. The number of Topliss-reactive ketones (excluding diaryl/α,β-unsaturated/α-hetero) is 2. The molecule has 2 aliphatic rings. The van der Waals surface area contributed by atoms with Gasteiger partial charge in [0.05, 0.1) is 16.9 Å². The van der Waals surface area contributed by atoms with E-state index in [0.29, 0.717) is 16.5 Å². The standard InChI is InChI=1S/C29H37N5O8/c1-14(2)22(24-32-18-9-7-8-15(3)21(18)26(39)42-24)33-27(40)29-20(36)11-10-19(35)28(29,41-6)12-13-34(29)25(38)17(5)31-23(37)16(4)30/h7-9,14,16-17,22H,10-13,30H2,1-6H3,(H,31,37)(H,33,40)/t16-,17-,22-,28?,29+/m0/s1. The van der Waals surface area contributed by atoms with Gasteiger partial charge in [-0.05, 0) is 38.3 Å². The molecule has 1 aromatic heterocycles. The van der Waals surface area contributed by atoms with Crippen LogP contribution in [0.25, 0.3) is 10.9 Å². The van der Waals surface area contributed by atoms with E-state index >= 15 is 0 Å². The lowest BCUT2D eigenvalue weighted by Gasteiger charge is -2.48. The smallest absolute Gasteiger partial charge is 0.347 e. The second kappa shape index (κ2) is 11.4. The fraction of sp³-hybridized carbons (Fsp3) is 0.552. The zero-order valence-electron chi connectivity index (χ0n) is 24.6. The third kappa shape index (κ3) is 4.70. The Morgan fingerprint density at radius 2 is 1.74 bits per heavy atom. The SMILES string of the molecule is COC12CCN(C(=O)[C@H](C)NC(=O)[C@H](C)N)[C@@]1(C(=O)N[C@H](c1nc3cccc(C)c3c(=O)o1)C(C)C)C(=O)CCC2=O. The molecule has 5 atom stereocenters. The molecule has 1 aliphatic carbocycles. The predicted octanol–water partition coefficient (Wildman–Crippen LogP) is 0.450. The zero-order valence-corrected chi connectivity index (χ0v) is 24.6. The molecule has 2 aromatic rings. The predicted molar refractivity (Wildman–Crippen MR) is 150 cm³/mol. The van der Waals surface area contributed by atoms with Crippen molar-refractivity contribution in [3.05, 3.63) is 40.1 Å². The van der Waals surface area contributed by atoms with E-state index in [1.165, 1.54) is 21.0 Å². The Balaban J connectivity index is 1.82. The number of nitrogens with one attached hydrogen (secondary N) is 2. The third-order valence-corrected chi connectivity index (χ3v) is 8.30. The maximum absolute atomic E-state index is 14.5. The molecule has 0 bridgehead atoms. The highest BCUT2D eigenvalue weighted by atomic mass is 16.5. The number of benzene rings is 1. The van der Waals surface area contributed by atoms with Gasteiger partial charge in [-0.3, -0.25) is 24.0 Å². The molecule has 3 amide bonds. The van der Waals surface area contributed by atoms with Gasteiger partial charge in [-0.2, -0.15) is 0 Å². The van der Waals surface area contributed by atoms with Crippen LogP contribution in [0.4, 0.5) is 0 Å². The van der Waals surface area contributed by atoms with Crippen LogP contribution in [-0.2, 0) is 28.7 Å². The lowest BCUT2D eigenvalue weighted by molar-refractivity contribution is -0.180. The van der Waals surface area contributed by atoms with Crippen LogP contribution in [0.1, 0.15) is 64.5 Å². The molecule has 4 N–H and O–H groups in total. The van der Waals surface area contributed by atoms with E-state index < -0.39 is 70.1 Å². The van der Waals surface area contributed by atoms with Crippen molar-refractivity contribution in [1.29, 1.82) is 0 Å². The van der Waals surface area contributed by atoms with E-state index in [2.05, 4.69) is 15.6 Å². The number of hydrogen-bond acceptors (Lipinski definition) is 10. The van der Waals surface area contributed by atoms with Gasteiger partial charge in [-0.25, -0.2) is 9.78 Å². The van der Waals surface area contributed by atoms with Crippen molar-refractivity contribution >= 4 is 40.2 Å². The van der Waals surface area contributed by atoms with Crippen molar-refractivity contribution in [2.75, 3.05) is 13.7 Å². The summed E-state index contributed by atoms with van der Waals surface area (Å²) in [7, 11) is 1.22. The third-order valence-electron chi connectivity index (χ3n) is 8.30. The van der Waals surface area contributed by atoms with E-state index in [1.807, 2.05) is 0 Å². The summed E-state index contributed by atoms with van der Waals surface area (Å²) in [6, 6.07) is 2.04. The quantitative estimate of drug-likeness (QED) is 0.368. The molecular weight excluding hydrogens is 546 g/mol. The molecular formula is C29H37N5O8. The summed E-state index contributed by atoms with van der Waals surface area (Å²) in [5, 5.41) is 5.57. The van der Waals surface area contributed by atoms with Gasteiger partial charge in [-0.1, -0.05) is 26.0 Å². The fourth-order valence-corrected chi connectivity index (χ4v) is 6.07. The Morgan fingerprint density at radius 1 is 1.07 bits per heavy atom. The summed E-state index contributed by atoms with van der Waals surface area (Å²) in [6.07, 6.45) is -0.568. The van der Waals surface area contributed by atoms with Gasteiger partial charge < -0.3 is 30.4 Å².